The molecule has 2 aromatic rings. The zero-order valence-electron chi connectivity index (χ0n) is 11.3. The van der Waals surface area contributed by atoms with E-state index in [-0.39, 0.29) is 6.42 Å². The number of carboxylic acid groups (broad SMARTS) is 1. The van der Waals surface area contributed by atoms with E-state index in [9.17, 15) is 9.59 Å². The Morgan fingerprint density at radius 2 is 1.52 bits per heavy atom. The molecular formula is C16H15NO4. The number of nitrogens with two attached hydrogens (primary N) is 1. The van der Waals surface area contributed by atoms with E-state index >= 15 is 0 Å². The highest BCUT2D eigenvalue weighted by Crippen LogP contribution is 2.15. The van der Waals surface area contributed by atoms with Crippen molar-refractivity contribution in [3.63, 3.8) is 0 Å². The summed E-state index contributed by atoms with van der Waals surface area (Å²) < 4.78 is 5.22. The lowest BCUT2D eigenvalue weighted by Crippen LogP contribution is -2.09. The van der Waals surface area contributed by atoms with Crippen LogP contribution in [0.15, 0.2) is 48.5 Å². The van der Waals surface area contributed by atoms with Crippen LogP contribution in [0, 0.1) is 0 Å². The van der Waals surface area contributed by atoms with Gasteiger partial charge in [0.15, 0.2) is 0 Å². The topological polar surface area (TPSA) is 89.6 Å². The fraction of sp³-hybridized carbons (Fsp3) is 0.125. The van der Waals surface area contributed by atoms with Crippen molar-refractivity contribution in [2.75, 3.05) is 0 Å². The van der Waals surface area contributed by atoms with Crippen LogP contribution in [0.3, 0.4) is 0 Å². The SMILES string of the molecule is NCc1ccc(C(=O)Oc2ccc(CC(=O)O)cc2)cc1. The molecule has 0 radical (unpaired) electrons. The van der Waals surface area contributed by atoms with E-state index in [4.69, 9.17) is 15.6 Å². The smallest absolute Gasteiger partial charge is 0.343 e. The molecule has 0 amide bonds. The number of carbonyl (C=O) groups excluding carboxylic acids is 1. The minimum atomic E-state index is -0.903. The zero-order valence-corrected chi connectivity index (χ0v) is 11.3. The number of carbonyl (C=O) groups is 2. The summed E-state index contributed by atoms with van der Waals surface area (Å²) in [5.74, 6) is -0.999. The minimum Gasteiger partial charge on any atom is -0.481 e. The van der Waals surface area contributed by atoms with Crippen LogP contribution in [0.25, 0.3) is 0 Å². The second-order valence-electron chi connectivity index (χ2n) is 4.51. The number of rotatable bonds is 5. The Kier molecular flexibility index (Phi) is 4.68. The van der Waals surface area contributed by atoms with E-state index < -0.39 is 11.9 Å². The van der Waals surface area contributed by atoms with Gasteiger partial charge in [-0.1, -0.05) is 24.3 Å². The molecule has 0 aliphatic rings. The summed E-state index contributed by atoms with van der Waals surface area (Å²) >= 11 is 0. The Hall–Kier alpha value is -2.66. The van der Waals surface area contributed by atoms with Gasteiger partial charge < -0.3 is 15.6 Å². The maximum Gasteiger partial charge on any atom is 0.343 e. The highest BCUT2D eigenvalue weighted by Gasteiger charge is 2.08. The van der Waals surface area contributed by atoms with Crippen molar-refractivity contribution in [3.05, 3.63) is 65.2 Å². The Bertz CT molecular complexity index is 632. The van der Waals surface area contributed by atoms with Crippen LogP contribution in [0.1, 0.15) is 21.5 Å². The molecule has 21 heavy (non-hydrogen) atoms. The molecule has 0 heterocycles. The summed E-state index contributed by atoms with van der Waals surface area (Å²) in [4.78, 5) is 22.5. The van der Waals surface area contributed by atoms with Crippen molar-refractivity contribution in [2.45, 2.75) is 13.0 Å². The summed E-state index contributed by atoms with van der Waals surface area (Å²) in [6.45, 7) is 0.417. The molecule has 2 aromatic carbocycles. The first-order chi connectivity index (χ1) is 10.1. The first kappa shape index (κ1) is 14.7. The Labute approximate surface area is 122 Å². The fourth-order valence-corrected chi connectivity index (χ4v) is 1.79. The number of benzene rings is 2. The molecule has 5 heteroatoms. The number of ether oxygens (including phenoxy) is 1. The van der Waals surface area contributed by atoms with Crippen molar-refractivity contribution in [1.82, 2.24) is 0 Å². The Morgan fingerprint density at radius 1 is 0.952 bits per heavy atom. The number of esters is 1. The van der Waals surface area contributed by atoms with Crippen LogP contribution in [-0.4, -0.2) is 17.0 Å². The van der Waals surface area contributed by atoms with Gasteiger partial charge in [-0.3, -0.25) is 4.79 Å². The van der Waals surface area contributed by atoms with Crippen molar-refractivity contribution in [1.29, 1.82) is 0 Å². The molecule has 0 saturated carbocycles. The second-order valence-corrected chi connectivity index (χ2v) is 4.51. The lowest BCUT2D eigenvalue weighted by molar-refractivity contribution is -0.136. The maximum atomic E-state index is 11.9. The Balaban J connectivity index is 2.03. The molecule has 108 valence electrons. The molecule has 0 atom stereocenters. The highest BCUT2D eigenvalue weighted by molar-refractivity contribution is 5.91. The van der Waals surface area contributed by atoms with Crippen LogP contribution in [0.4, 0.5) is 0 Å². The van der Waals surface area contributed by atoms with Gasteiger partial charge in [-0.25, -0.2) is 4.79 Å². The van der Waals surface area contributed by atoms with Gasteiger partial charge in [0.25, 0.3) is 0 Å². The number of hydrogen-bond donors (Lipinski definition) is 2. The third kappa shape index (κ3) is 4.15. The average Bonchev–Trinajstić information content (AvgIpc) is 2.49. The second kappa shape index (κ2) is 6.67. The van der Waals surface area contributed by atoms with Gasteiger partial charge in [-0.2, -0.15) is 0 Å². The zero-order chi connectivity index (χ0) is 15.2. The predicted molar refractivity (Wildman–Crippen MR) is 77.1 cm³/mol. The standard InChI is InChI=1S/C16H15NO4/c17-10-12-1-5-13(6-2-12)16(20)21-14-7-3-11(4-8-14)9-15(18)19/h1-8H,9-10,17H2,(H,18,19). The summed E-state index contributed by atoms with van der Waals surface area (Å²) in [6, 6.07) is 13.2. The quantitative estimate of drug-likeness (QED) is 0.647. The third-order valence-corrected chi connectivity index (χ3v) is 2.91. The summed E-state index contributed by atoms with van der Waals surface area (Å²) in [6.07, 6.45) is -0.0607. The van der Waals surface area contributed by atoms with Gasteiger partial charge in [-0.05, 0) is 35.4 Å². The van der Waals surface area contributed by atoms with E-state index in [2.05, 4.69) is 0 Å². The molecule has 5 nitrogen and oxygen atoms in total. The van der Waals surface area contributed by atoms with Crippen LogP contribution in [0.5, 0.6) is 5.75 Å². The average molecular weight is 285 g/mol. The Morgan fingerprint density at radius 3 is 2.05 bits per heavy atom. The summed E-state index contributed by atoms with van der Waals surface area (Å²) in [7, 11) is 0. The van der Waals surface area contributed by atoms with Crippen LogP contribution in [0.2, 0.25) is 0 Å². The van der Waals surface area contributed by atoms with Gasteiger partial charge in [0.05, 0.1) is 12.0 Å². The molecule has 3 N–H and O–H groups in total. The minimum absolute atomic E-state index is 0.0607. The monoisotopic (exact) mass is 285 g/mol. The number of carboxylic acids is 1. The molecular weight excluding hydrogens is 270 g/mol. The van der Waals surface area contributed by atoms with E-state index in [1.807, 2.05) is 0 Å². The predicted octanol–water partition coefficient (Wildman–Crippen LogP) is 1.99. The summed E-state index contributed by atoms with van der Waals surface area (Å²) in [5, 5.41) is 8.68. The number of aliphatic carboxylic acids is 1. The fourth-order valence-electron chi connectivity index (χ4n) is 1.79. The van der Waals surface area contributed by atoms with Crippen LogP contribution in [-0.2, 0) is 17.8 Å². The molecule has 0 aliphatic carbocycles. The van der Waals surface area contributed by atoms with Crippen LogP contribution >= 0.6 is 0 Å². The van der Waals surface area contributed by atoms with E-state index in [1.54, 1.807) is 48.5 Å². The van der Waals surface area contributed by atoms with Gasteiger partial charge in [0, 0.05) is 6.54 Å². The van der Waals surface area contributed by atoms with E-state index in [0.717, 1.165) is 5.56 Å². The molecule has 2 rings (SSSR count). The highest BCUT2D eigenvalue weighted by atomic mass is 16.5. The van der Waals surface area contributed by atoms with Crippen molar-refractivity contribution in [3.8, 4) is 5.75 Å². The van der Waals surface area contributed by atoms with Crippen molar-refractivity contribution >= 4 is 11.9 Å². The lowest BCUT2D eigenvalue weighted by Gasteiger charge is -2.05. The van der Waals surface area contributed by atoms with Gasteiger partial charge in [0.2, 0.25) is 0 Å². The lowest BCUT2D eigenvalue weighted by atomic mass is 10.1. The first-order valence-electron chi connectivity index (χ1n) is 6.40. The molecule has 0 unspecified atom stereocenters. The van der Waals surface area contributed by atoms with Gasteiger partial charge >= 0.3 is 11.9 Å². The third-order valence-electron chi connectivity index (χ3n) is 2.91. The number of hydrogen-bond acceptors (Lipinski definition) is 4. The summed E-state index contributed by atoms with van der Waals surface area (Å²) in [5.41, 5.74) is 7.50. The normalized spacial score (nSPS) is 10.1. The van der Waals surface area contributed by atoms with E-state index in [0.29, 0.717) is 23.4 Å². The first-order valence-corrected chi connectivity index (χ1v) is 6.40. The van der Waals surface area contributed by atoms with Crippen LogP contribution < -0.4 is 10.5 Å². The van der Waals surface area contributed by atoms with Gasteiger partial charge in [0.1, 0.15) is 5.75 Å². The molecule has 0 fully saturated rings. The maximum absolute atomic E-state index is 11.9. The van der Waals surface area contributed by atoms with E-state index in [1.165, 1.54) is 0 Å². The molecule has 0 aliphatic heterocycles. The molecule has 0 aromatic heterocycles. The van der Waals surface area contributed by atoms with Gasteiger partial charge in [-0.15, -0.1) is 0 Å². The molecule has 0 bridgehead atoms. The van der Waals surface area contributed by atoms with Crippen molar-refractivity contribution < 1.29 is 19.4 Å². The molecule has 0 saturated heterocycles. The van der Waals surface area contributed by atoms with Crippen molar-refractivity contribution in [2.24, 2.45) is 5.73 Å². The largest absolute Gasteiger partial charge is 0.481 e. The molecule has 0 spiro atoms.